The van der Waals surface area contributed by atoms with Gasteiger partial charge in [0, 0.05) is 24.5 Å². The number of piperidine rings is 1. The maximum Gasteiger partial charge on any atom is 0.266 e. The first-order chi connectivity index (χ1) is 13.6. The molecule has 4 nitrogen and oxygen atoms in total. The molecule has 2 aromatic rings. The summed E-state index contributed by atoms with van der Waals surface area (Å²) in [6.07, 6.45) is 5.38. The Labute approximate surface area is 167 Å². The van der Waals surface area contributed by atoms with Gasteiger partial charge >= 0.3 is 0 Å². The number of hydrogen-bond donors (Lipinski definition) is 1. The summed E-state index contributed by atoms with van der Waals surface area (Å²) < 4.78 is 0. The molecule has 0 aliphatic carbocycles. The fraction of sp³-hybridized carbons (Fsp3) is 0.333. The van der Waals surface area contributed by atoms with Crippen LogP contribution in [0.15, 0.2) is 54.1 Å². The first-order valence-electron chi connectivity index (χ1n) is 9.95. The minimum Gasteiger partial charge on any atom is -0.372 e. The van der Waals surface area contributed by atoms with Crippen molar-refractivity contribution in [3.05, 3.63) is 65.2 Å². The molecular weight excluding hydrogens is 346 g/mol. The van der Waals surface area contributed by atoms with Gasteiger partial charge in [0.2, 0.25) is 0 Å². The lowest BCUT2D eigenvalue weighted by Gasteiger charge is -2.28. The zero-order valence-electron chi connectivity index (χ0n) is 16.6. The van der Waals surface area contributed by atoms with Crippen LogP contribution in [0.4, 0.5) is 11.4 Å². The summed E-state index contributed by atoms with van der Waals surface area (Å²) in [6, 6.07) is 17.8. The van der Waals surface area contributed by atoms with Gasteiger partial charge in [0.25, 0.3) is 5.91 Å². The Balaban J connectivity index is 1.67. The van der Waals surface area contributed by atoms with Crippen molar-refractivity contribution in [3.8, 4) is 6.07 Å². The largest absolute Gasteiger partial charge is 0.372 e. The predicted molar refractivity (Wildman–Crippen MR) is 115 cm³/mol. The standard InChI is InChI=1S/C24H27N3O/c1-18(2)20-8-6-19(7-9-20)16-21(17-25)24(28)26-22-10-12-23(13-11-22)27-14-4-3-5-15-27/h6-13,16,18H,3-5,14-15H2,1-2H3,(H,26,28)/b21-16-. The molecule has 0 spiro atoms. The van der Waals surface area contributed by atoms with E-state index in [0.717, 1.165) is 18.7 Å². The average molecular weight is 374 g/mol. The van der Waals surface area contributed by atoms with Crippen LogP contribution < -0.4 is 10.2 Å². The number of nitrogens with zero attached hydrogens (tertiary/aromatic N) is 2. The minimum atomic E-state index is -0.388. The summed E-state index contributed by atoms with van der Waals surface area (Å²) in [5, 5.41) is 12.2. The van der Waals surface area contributed by atoms with E-state index in [4.69, 9.17) is 0 Å². The molecule has 1 heterocycles. The van der Waals surface area contributed by atoms with Gasteiger partial charge in [-0.2, -0.15) is 5.26 Å². The molecule has 1 aliphatic heterocycles. The van der Waals surface area contributed by atoms with Crippen molar-refractivity contribution in [1.82, 2.24) is 0 Å². The smallest absolute Gasteiger partial charge is 0.266 e. The number of amides is 1. The van der Waals surface area contributed by atoms with Crippen LogP contribution in [0.2, 0.25) is 0 Å². The Morgan fingerprint density at radius 1 is 1.04 bits per heavy atom. The molecule has 1 amide bonds. The van der Waals surface area contributed by atoms with Crippen LogP contribution in [-0.4, -0.2) is 19.0 Å². The van der Waals surface area contributed by atoms with Gasteiger partial charge in [-0.1, -0.05) is 38.1 Å². The van der Waals surface area contributed by atoms with Gasteiger partial charge in [0.1, 0.15) is 11.6 Å². The van der Waals surface area contributed by atoms with E-state index in [1.54, 1.807) is 6.08 Å². The Morgan fingerprint density at radius 3 is 2.25 bits per heavy atom. The molecule has 28 heavy (non-hydrogen) atoms. The lowest BCUT2D eigenvalue weighted by molar-refractivity contribution is -0.112. The highest BCUT2D eigenvalue weighted by molar-refractivity contribution is 6.09. The second-order valence-electron chi connectivity index (χ2n) is 7.54. The highest BCUT2D eigenvalue weighted by atomic mass is 16.1. The van der Waals surface area contributed by atoms with Gasteiger partial charge in [0.15, 0.2) is 0 Å². The number of hydrogen-bond acceptors (Lipinski definition) is 3. The maximum absolute atomic E-state index is 12.5. The first kappa shape index (κ1) is 19.7. The van der Waals surface area contributed by atoms with Crippen LogP contribution in [0.3, 0.4) is 0 Å². The van der Waals surface area contributed by atoms with Crippen molar-refractivity contribution >= 4 is 23.4 Å². The summed E-state index contributed by atoms with van der Waals surface area (Å²) >= 11 is 0. The lowest BCUT2D eigenvalue weighted by atomic mass is 10.0. The zero-order valence-corrected chi connectivity index (χ0v) is 16.6. The molecule has 1 fully saturated rings. The summed E-state index contributed by atoms with van der Waals surface area (Å²) in [5.41, 5.74) is 4.05. The minimum absolute atomic E-state index is 0.0948. The molecule has 1 N–H and O–H groups in total. The van der Waals surface area contributed by atoms with E-state index in [1.807, 2.05) is 54.6 Å². The maximum atomic E-state index is 12.5. The lowest BCUT2D eigenvalue weighted by Crippen LogP contribution is -2.29. The van der Waals surface area contributed by atoms with E-state index in [-0.39, 0.29) is 11.5 Å². The second kappa shape index (κ2) is 9.23. The fourth-order valence-electron chi connectivity index (χ4n) is 3.40. The van der Waals surface area contributed by atoms with Crippen LogP contribution in [-0.2, 0) is 4.79 Å². The molecule has 144 valence electrons. The first-order valence-corrected chi connectivity index (χ1v) is 9.95. The van der Waals surface area contributed by atoms with E-state index >= 15 is 0 Å². The molecular formula is C24H27N3O. The number of nitrogens with one attached hydrogen (secondary N) is 1. The highest BCUT2D eigenvalue weighted by Gasteiger charge is 2.12. The highest BCUT2D eigenvalue weighted by Crippen LogP contribution is 2.22. The third kappa shape index (κ3) is 5.01. The number of rotatable bonds is 5. The molecule has 0 radical (unpaired) electrons. The average Bonchev–Trinajstić information content (AvgIpc) is 2.73. The summed E-state index contributed by atoms with van der Waals surface area (Å²) in [5.74, 6) is 0.0610. The van der Waals surface area contributed by atoms with Crippen LogP contribution in [0.5, 0.6) is 0 Å². The normalized spacial score (nSPS) is 14.6. The molecule has 0 aromatic heterocycles. The Hall–Kier alpha value is -3.06. The third-order valence-electron chi connectivity index (χ3n) is 5.13. The molecule has 0 atom stereocenters. The molecule has 2 aromatic carbocycles. The van der Waals surface area contributed by atoms with Crippen molar-refractivity contribution < 1.29 is 4.79 Å². The Kier molecular flexibility index (Phi) is 6.49. The SMILES string of the molecule is CC(C)c1ccc(/C=C(/C#N)C(=O)Nc2ccc(N3CCCCC3)cc2)cc1. The topological polar surface area (TPSA) is 56.1 Å². The van der Waals surface area contributed by atoms with Gasteiger partial charge < -0.3 is 10.2 Å². The van der Waals surface area contributed by atoms with Crippen molar-refractivity contribution in [2.75, 3.05) is 23.3 Å². The van der Waals surface area contributed by atoms with Crippen molar-refractivity contribution in [3.63, 3.8) is 0 Å². The van der Waals surface area contributed by atoms with Crippen LogP contribution in [0, 0.1) is 11.3 Å². The monoisotopic (exact) mass is 373 g/mol. The number of carbonyl (C=O) groups excluding carboxylic acids is 1. The van der Waals surface area contributed by atoms with Crippen LogP contribution >= 0.6 is 0 Å². The summed E-state index contributed by atoms with van der Waals surface area (Å²) in [7, 11) is 0. The molecule has 3 rings (SSSR count). The van der Waals surface area contributed by atoms with Crippen molar-refractivity contribution in [2.24, 2.45) is 0 Å². The molecule has 0 saturated carbocycles. The number of carbonyl (C=O) groups is 1. The summed E-state index contributed by atoms with van der Waals surface area (Å²) in [6.45, 7) is 6.44. The Morgan fingerprint density at radius 2 is 1.68 bits per heavy atom. The van der Waals surface area contributed by atoms with Crippen LogP contribution in [0.25, 0.3) is 6.08 Å². The zero-order chi connectivity index (χ0) is 19.9. The molecule has 4 heteroatoms. The molecule has 0 bridgehead atoms. The van der Waals surface area contributed by atoms with Crippen LogP contribution in [0.1, 0.15) is 50.2 Å². The number of nitriles is 1. The number of anilines is 2. The fourth-order valence-corrected chi connectivity index (χ4v) is 3.40. The van der Waals surface area contributed by atoms with Gasteiger partial charge in [0.05, 0.1) is 0 Å². The quantitative estimate of drug-likeness (QED) is 0.568. The second-order valence-corrected chi connectivity index (χ2v) is 7.54. The molecule has 1 aliphatic rings. The van der Waals surface area contributed by atoms with E-state index in [2.05, 4.69) is 24.1 Å². The molecule has 1 saturated heterocycles. The number of benzene rings is 2. The van der Waals surface area contributed by atoms with Crippen molar-refractivity contribution in [1.29, 1.82) is 5.26 Å². The summed E-state index contributed by atoms with van der Waals surface area (Å²) in [4.78, 5) is 14.9. The van der Waals surface area contributed by atoms with E-state index < -0.39 is 0 Å². The van der Waals surface area contributed by atoms with E-state index in [0.29, 0.717) is 11.6 Å². The predicted octanol–water partition coefficient (Wildman–Crippen LogP) is 5.35. The third-order valence-corrected chi connectivity index (χ3v) is 5.13. The van der Waals surface area contributed by atoms with Gasteiger partial charge in [-0.3, -0.25) is 4.79 Å². The van der Waals surface area contributed by atoms with Gasteiger partial charge in [-0.05, 0) is 66.6 Å². The van der Waals surface area contributed by atoms with E-state index in [1.165, 1.54) is 30.5 Å². The molecule has 0 unspecified atom stereocenters. The van der Waals surface area contributed by atoms with Gasteiger partial charge in [-0.15, -0.1) is 0 Å². The Bertz CT molecular complexity index is 868. The van der Waals surface area contributed by atoms with E-state index in [9.17, 15) is 10.1 Å². The van der Waals surface area contributed by atoms with Crippen molar-refractivity contribution in [2.45, 2.75) is 39.0 Å². The van der Waals surface area contributed by atoms with Gasteiger partial charge in [-0.25, -0.2) is 0 Å².